The van der Waals surface area contributed by atoms with E-state index in [1.807, 2.05) is 39.8 Å². The molecule has 1 aromatic rings. The molecule has 96 valence electrons. The van der Waals surface area contributed by atoms with Crippen molar-refractivity contribution in [2.24, 2.45) is 0 Å². The first-order chi connectivity index (χ1) is 8.02. The Morgan fingerprint density at radius 2 is 1.78 bits per heavy atom. The molecule has 1 aromatic carbocycles. The number of rotatable bonds is 6. The average molecular weight is 341 g/mol. The van der Waals surface area contributed by atoms with E-state index in [0.717, 1.165) is 16.7 Å². The van der Waals surface area contributed by atoms with Gasteiger partial charge < -0.3 is 9.05 Å². The molecule has 0 fully saturated rings. The second kappa shape index (κ2) is 9.17. The molecule has 0 aliphatic rings. The van der Waals surface area contributed by atoms with Crippen LogP contribution in [0.15, 0.2) is 12.1 Å². The maximum absolute atomic E-state index is 12.4. The van der Waals surface area contributed by atoms with Crippen LogP contribution in [0.4, 0.5) is 0 Å². The zero-order valence-corrected chi connectivity index (χ0v) is 17.8. The molecule has 0 heterocycles. The van der Waals surface area contributed by atoms with Crippen LogP contribution in [0.5, 0.6) is 0 Å². The SMILES string of the molecule is CCOP(=O)(Cc1cc[c-]c(C)c1C)OCC.[Rb+]. The van der Waals surface area contributed by atoms with Crippen LogP contribution >= 0.6 is 7.60 Å². The van der Waals surface area contributed by atoms with Gasteiger partial charge in [0.1, 0.15) is 0 Å². The van der Waals surface area contributed by atoms with Crippen LogP contribution in [0.1, 0.15) is 30.5 Å². The minimum absolute atomic E-state index is 0. The Hall–Kier alpha value is 1.18. The smallest absolute Gasteiger partial charge is 0.309 e. The maximum atomic E-state index is 12.4. The molecular formula is C13H20O3PRb. The molecule has 0 radical (unpaired) electrons. The van der Waals surface area contributed by atoms with E-state index in [-0.39, 0.29) is 58.2 Å². The van der Waals surface area contributed by atoms with Gasteiger partial charge in [-0.3, -0.25) is 4.57 Å². The Kier molecular flexibility index (Phi) is 9.77. The number of aryl methyl sites for hydroxylation is 1. The van der Waals surface area contributed by atoms with E-state index >= 15 is 0 Å². The minimum atomic E-state index is -3.00. The molecule has 18 heavy (non-hydrogen) atoms. The van der Waals surface area contributed by atoms with Gasteiger partial charge in [-0.15, -0.1) is 5.56 Å². The van der Waals surface area contributed by atoms with Gasteiger partial charge in [-0.1, -0.05) is 13.8 Å². The van der Waals surface area contributed by atoms with Crippen LogP contribution in [0, 0.1) is 19.9 Å². The molecule has 0 spiro atoms. The van der Waals surface area contributed by atoms with Gasteiger partial charge >= 0.3 is 65.8 Å². The molecule has 0 N–H and O–H groups in total. The van der Waals surface area contributed by atoms with Crippen molar-refractivity contribution < 1.29 is 71.8 Å². The van der Waals surface area contributed by atoms with Gasteiger partial charge in [0.25, 0.3) is 0 Å². The molecule has 0 atom stereocenters. The Balaban J connectivity index is 0.00000289. The fraction of sp³-hybridized carbons (Fsp3) is 0.538. The van der Waals surface area contributed by atoms with Crippen LogP contribution in [0.2, 0.25) is 0 Å². The van der Waals surface area contributed by atoms with Gasteiger partial charge in [0.05, 0.1) is 19.4 Å². The van der Waals surface area contributed by atoms with E-state index in [1.54, 1.807) is 0 Å². The third-order valence-corrected chi connectivity index (χ3v) is 4.68. The first kappa shape index (κ1) is 19.2. The Morgan fingerprint density at radius 1 is 1.22 bits per heavy atom. The van der Waals surface area contributed by atoms with E-state index in [4.69, 9.17) is 9.05 Å². The Bertz CT molecular complexity index is 411. The zero-order chi connectivity index (χ0) is 12.9. The van der Waals surface area contributed by atoms with Gasteiger partial charge in [-0.05, 0) is 13.8 Å². The first-order valence-corrected chi connectivity index (χ1v) is 7.60. The van der Waals surface area contributed by atoms with E-state index < -0.39 is 7.60 Å². The van der Waals surface area contributed by atoms with Crippen molar-refractivity contribution in [1.82, 2.24) is 0 Å². The van der Waals surface area contributed by atoms with Gasteiger partial charge in [0.15, 0.2) is 0 Å². The molecule has 1 rings (SSSR count). The molecule has 0 aromatic heterocycles. The summed E-state index contributed by atoms with van der Waals surface area (Å²) < 4.78 is 23.0. The normalized spacial score (nSPS) is 11.1. The predicted molar refractivity (Wildman–Crippen MR) is 69.3 cm³/mol. The summed E-state index contributed by atoms with van der Waals surface area (Å²) in [5, 5.41) is 0. The number of hydrogen-bond acceptors (Lipinski definition) is 3. The summed E-state index contributed by atoms with van der Waals surface area (Å²) >= 11 is 0. The molecule has 0 saturated heterocycles. The molecule has 0 unspecified atom stereocenters. The van der Waals surface area contributed by atoms with Crippen molar-refractivity contribution in [1.29, 1.82) is 0 Å². The van der Waals surface area contributed by atoms with Crippen molar-refractivity contribution in [2.75, 3.05) is 13.2 Å². The number of benzene rings is 1. The van der Waals surface area contributed by atoms with Crippen molar-refractivity contribution in [3.05, 3.63) is 34.9 Å². The van der Waals surface area contributed by atoms with Crippen LogP contribution in [0.25, 0.3) is 0 Å². The predicted octanol–water partition coefficient (Wildman–Crippen LogP) is 0.874. The summed E-state index contributed by atoms with van der Waals surface area (Å²) in [7, 11) is -3.00. The van der Waals surface area contributed by atoms with Crippen LogP contribution in [-0.4, -0.2) is 13.2 Å². The molecular weight excluding hydrogens is 321 g/mol. The Morgan fingerprint density at radius 3 is 2.28 bits per heavy atom. The average Bonchev–Trinajstić information content (AvgIpc) is 2.25. The topological polar surface area (TPSA) is 35.5 Å². The third-order valence-electron chi connectivity index (χ3n) is 2.64. The van der Waals surface area contributed by atoms with Crippen molar-refractivity contribution in [2.45, 2.75) is 33.9 Å². The van der Waals surface area contributed by atoms with E-state index in [1.165, 1.54) is 0 Å². The zero-order valence-electron chi connectivity index (χ0n) is 11.9. The summed E-state index contributed by atoms with van der Waals surface area (Å²) in [4.78, 5) is 0. The molecule has 0 amide bonds. The summed E-state index contributed by atoms with van der Waals surface area (Å²) in [5.41, 5.74) is 3.18. The van der Waals surface area contributed by atoms with E-state index in [2.05, 4.69) is 6.07 Å². The quantitative estimate of drug-likeness (QED) is 0.569. The van der Waals surface area contributed by atoms with Crippen molar-refractivity contribution >= 4 is 7.60 Å². The summed E-state index contributed by atoms with van der Waals surface area (Å²) in [6, 6.07) is 6.89. The fourth-order valence-electron chi connectivity index (χ4n) is 1.64. The van der Waals surface area contributed by atoms with E-state index in [0.29, 0.717) is 19.4 Å². The summed E-state index contributed by atoms with van der Waals surface area (Å²) in [6.45, 7) is 8.43. The molecule has 0 aliphatic heterocycles. The van der Waals surface area contributed by atoms with Crippen LogP contribution in [-0.2, 0) is 19.8 Å². The van der Waals surface area contributed by atoms with Crippen molar-refractivity contribution in [3.8, 4) is 0 Å². The summed E-state index contributed by atoms with van der Waals surface area (Å²) in [5.74, 6) is 0. The molecule has 5 heteroatoms. The second-order valence-electron chi connectivity index (χ2n) is 3.86. The number of hydrogen-bond donors (Lipinski definition) is 0. The second-order valence-corrected chi connectivity index (χ2v) is 5.91. The molecule has 0 aliphatic carbocycles. The largest absolute Gasteiger partial charge is 1.00 e. The monoisotopic (exact) mass is 340 g/mol. The molecule has 0 saturated carbocycles. The third kappa shape index (κ3) is 5.66. The fourth-order valence-corrected chi connectivity index (χ4v) is 3.45. The first-order valence-electron chi connectivity index (χ1n) is 5.87. The van der Waals surface area contributed by atoms with Crippen LogP contribution < -0.4 is 58.2 Å². The Labute approximate surface area is 159 Å². The standard InChI is InChI=1S/C13H20O3P.Rb/c1-5-15-17(14,16-6-2)10-13-9-7-8-11(3)12(13)4;/h7,9H,5-6,10H2,1-4H3;/q-1;+1. The molecule has 3 nitrogen and oxygen atoms in total. The van der Waals surface area contributed by atoms with Gasteiger partial charge in [-0.2, -0.15) is 29.3 Å². The van der Waals surface area contributed by atoms with Crippen LogP contribution in [0.3, 0.4) is 0 Å². The van der Waals surface area contributed by atoms with Gasteiger partial charge in [0.2, 0.25) is 0 Å². The molecule has 0 bridgehead atoms. The maximum Gasteiger partial charge on any atom is 1.00 e. The van der Waals surface area contributed by atoms with Gasteiger partial charge in [0, 0.05) is 0 Å². The van der Waals surface area contributed by atoms with E-state index in [9.17, 15) is 4.57 Å². The van der Waals surface area contributed by atoms with Gasteiger partial charge in [-0.25, -0.2) is 0 Å². The van der Waals surface area contributed by atoms with Crippen molar-refractivity contribution in [3.63, 3.8) is 0 Å². The minimum Gasteiger partial charge on any atom is -0.309 e. The summed E-state index contributed by atoms with van der Waals surface area (Å²) in [6.07, 6.45) is 0.329.